The Morgan fingerprint density at radius 2 is 1.65 bits per heavy atom. The second kappa shape index (κ2) is 8.09. The minimum absolute atomic E-state index is 0.394. The largest absolute Gasteiger partial charge is 0.394 e. The van der Waals surface area contributed by atoms with Crippen molar-refractivity contribution in [2.45, 2.75) is 24.5 Å². The van der Waals surface area contributed by atoms with Crippen LogP contribution in [-0.2, 0) is 4.74 Å². The molecule has 31 heavy (non-hydrogen) atoms. The van der Waals surface area contributed by atoms with Crippen molar-refractivity contribution in [3.05, 3.63) is 73.2 Å². The zero-order chi connectivity index (χ0) is 21.4. The Labute approximate surface area is 178 Å². The molecule has 0 radical (unpaired) electrons. The molecule has 1 saturated heterocycles. The number of hydrogen-bond donors (Lipinski definition) is 4. The summed E-state index contributed by atoms with van der Waals surface area (Å²) in [6, 6.07) is 19.5. The third-order valence-electron chi connectivity index (χ3n) is 5.52. The van der Waals surface area contributed by atoms with E-state index in [2.05, 4.69) is 15.3 Å². The molecule has 1 aliphatic rings. The van der Waals surface area contributed by atoms with Gasteiger partial charge in [-0.3, -0.25) is 0 Å². The van der Waals surface area contributed by atoms with Gasteiger partial charge in [0.25, 0.3) is 0 Å². The van der Waals surface area contributed by atoms with E-state index in [1.54, 1.807) is 4.57 Å². The van der Waals surface area contributed by atoms with E-state index in [9.17, 15) is 15.3 Å². The molecule has 8 nitrogen and oxygen atoms in total. The topological polar surface area (TPSA) is 113 Å². The Bertz CT molecular complexity index is 1180. The van der Waals surface area contributed by atoms with E-state index >= 15 is 0 Å². The van der Waals surface area contributed by atoms with Crippen LogP contribution in [-0.4, -0.2) is 54.8 Å². The standard InChI is InChI=1S/C23H22N4O4/c28-12-17-19(29)20(30)23(31-17)27-11-16(14-7-3-1-4-8-14)18-21(24-13-25-22(18)27)26-15-9-5-2-6-10-15/h1-11,13,17,19-20,23,28-30H,12H2,(H,24,25,26)/t17-,19+,20+,23+/m0/s1. The number of benzene rings is 2. The lowest BCUT2D eigenvalue weighted by Crippen LogP contribution is -2.33. The fourth-order valence-electron chi connectivity index (χ4n) is 3.98. The number of ether oxygens (including phenoxy) is 1. The van der Waals surface area contributed by atoms with E-state index in [1.165, 1.54) is 6.33 Å². The fourth-order valence-corrected chi connectivity index (χ4v) is 3.98. The summed E-state index contributed by atoms with van der Waals surface area (Å²) in [5.41, 5.74) is 3.22. The predicted molar refractivity (Wildman–Crippen MR) is 116 cm³/mol. The highest BCUT2D eigenvalue weighted by Crippen LogP contribution is 2.39. The molecule has 4 atom stereocenters. The molecule has 8 heteroatoms. The van der Waals surface area contributed by atoms with Crippen LogP contribution in [0.3, 0.4) is 0 Å². The number of hydrogen-bond acceptors (Lipinski definition) is 7. The molecule has 2 aromatic carbocycles. The Kier molecular flexibility index (Phi) is 5.13. The number of nitrogens with one attached hydrogen (secondary N) is 1. The molecule has 0 aliphatic carbocycles. The molecule has 5 rings (SSSR count). The Balaban J connectivity index is 1.69. The zero-order valence-corrected chi connectivity index (χ0v) is 16.5. The summed E-state index contributed by atoms with van der Waals surface area (Å²) < 4.78 is 7.46. The Hall–Kier alpha value is -3.30. The van der Waals surface area contributed by atoms with Gasteiger partial charge in [-0.1, -0.05) is 48.5 Å². The van der Waals surface area contributed by atoms with Crippen molar-refractivity contribution in [1.82, 2.24) is 14.5 Å². The van der Waals surface area contributed by atoms with Crippen molar-refractivity contribution in [3.63, 3.8) is 0 Å². The van der Waals surface area contributed by atoms with Gasteiger partial charge in [0.15, 0.2) is 6.23 Å². The smallest absolute Gasteiger partial charge is 0.164 e. The van der Waals surface area contributed by atoms with E-state index in [0.29, 0.717) is 11.5 Å². The summed E-state index contributed by atoms with van der Waals surface area (Å²) in [6.07, 6.45) is -0.896. The first-order chi connectivity index (χ1) is 15.2. The highest BCUT2D eigenvalue weighted by Gasteiger charge is 2.44. The molecule has 4 aromatic rings. The second-order valence-electron chi connectivity index (χ2n) is 7.46. The summed E-state index contributed by atoms with van der Waals surface area (Å²) in [4.78, 5) is 8.93. The van der Waals surface area contributed by atoms with Gasteiger partial charge in [0.2, 0.25) is 0 Å². The van der Waals surface area contributed by atoms with E-state index in [0.717, 1.165) is 22.2 Å². The van der Waals surface area contributed by atoms with E-state index < -0.39 is 31.1 Å². The van der Waals surface area contributed by atoms with Crippen molar-refractivity contribution >= 4 is 22.5 Å². The van der Waals surface area contributed by atoms with E-state index in [-0.39, 0.29) is 0 Å². The molecule has 1 fully saturated rings. The molecular weight excluding hydrogens is 396 g/mol. The van der Waals surface area contributed by atoms with Gasteiger partial charge < -0.3 is 29.9 Å². The lowest BCUT2D eigenvalue weighted by Gasteiger charge is -2.17. The molecule has 158 valence electrons. The Morgan fingerprint density at radius 1 is 0.935 bits per heavy atom. The molecule has 3 heterocycles. The third kappa shape index (κ3) is 3.45. The summed E-state index contributed by atoms with van der Waals surface area (Å²) in [5, 5.41) is 34.4. The number of rotatable bonds is 5. The molecule has 2 aromatic heterocycles. The van der Waals surface area contributed by atoms with E-state index in [4.69, 9.17) is 4.74 Å². The third-order valence-corrected chi connectivity index (χ3v) is 5.52. The van der Waals surface area contributed by atoms with Crippen molar-refractivity contribution in [1.29, 1.82) is 0 Å². The summed E-state index contributed by atoms with van der Waals surface area (Å²) >= 11 is 0. The maximum absolute atomic E-state index is 10.6. The van der Waals surface area contributed by atoms with Crippen LogP contribution in [0.25, 0.3) is 22.2 Å². The van der Waals surface area contributed by atoms with Crippen LogP contribution in [0.15, 0.2) is 73.2 Å². The first-order valence-corrected chi connectivity index (χ1v) is 10.0. The van der Waals surface area contributed by atoms with E-state index in [1.807, 2.05) is 66.9 Å². The van der Waals surface area contributed by atoms with Crippen molar-refractivity contribution in [2.24, 2.45) is 0 Å². The Morgan fingerprint density at radius 3 is 2.32 bits per heavy atom. The van der Waals surface area contributed by atoms with Gasteiger partial charge in [-0.05, 0) is 17.7 Å². The van der Waals surface area contributed by atoms with Gasteiger partial charge >= 0.3 is 0 Å². The monoisotopic (exact) mass is 418 g/mol. The molecule has 0 unspecified atom stereocenters. The van der Waals surface area contributed by atoms with Crippen LogP contribution in [0.1, 0.15) is 6.23 Å². The van der Waals surface area contributed by atoms with Crippen LogP contribution in [0.5, 0.6) is 0 Å². The minimum Gasteiger partial charge on any atom is -0.394 e. The normalized spacial score (nSPS) is 23.3. The lowest BCUT2D eigenvalue weighted by molar-refractivity contribution is -0.0508. The number of aliphatic hydroxyl groups excluding tert-OH is 3. The first kappa shape index (κ1) is 19.7. The summed E-state index contributed by atoms with van der Waals surface area (Å²) in [5.74, 6) is 0.612. The highest BCUT2D eigenvalue weighted by atomic mass is 16.6. The maximum atomic E-state index is 10.6. The first-order valence-electron chi connectivity index (χ1n) is 10.0. The van der Waals surface area contributed by atoms with Crippen LogP contribution in [0, 0.1) is 0 Å². The number of anilines is 2. The maximum Gasteiger partial charge on any atom is 0.164 e. The van der Waals surface area contributed by atoms with Crippen molar-refractivity contribution in [3.8, 4) is 11.1 Å². The van der Waals surface area contributed by atoms with Crippen LogP contribution in [0.4, 0.5) is 11.5 Å². The molecule has 4 N–H and O–H groups in total. The van der Waals surface area contributed by atoms with Crippen molar-refractivity contribution < 1.29 is 20.1 Å². The second-order valence-corrected chi connectivity index (χ2v) is 7.46. The molecule has 0 spiro atoms. The van der Waals surface area contributed by atoms with Gasteiger partial charge in [-0.25, -0.2) is 9.97 Å². The van der Waals surface area contributed by atoms with Crippen LogP contribution in [0.2, 0.25) is 0 Å². The molecule has 0 amide bonds. The number of nitrogens with zero attached hydrogens (tertiary/aromatic N) is 3. The molecule has 0 bridgehead atoms. The highest BCUT2D eigenvalue weighted by molar-refractivity contribution is 6.02. The number of para-hydroxylation sites is 1. The van der Waals surface area contributed by atoms with Gasteiger partial charge in [-0.15, -0.1) is 0 Å². The van der Waals surface area contributed by atoms with Crippen molar-refractivity contribution in [2.75, 3.05) is 11.9 Å². The number of aliphatic hydroxyl groups is 3. The van der Waals surface area contributed by atoms with Gasteiger partial charge in [-0.2, -0.15) is 0 Å². The molecule has 0 saturated carbocycles. The number of fused-ring (bicyclic) bond motifs is 1. The lowest BCUT2D eigenvalue weighted by atomic mass is 10.1. The van der Waals surface area contributed by atoms with Gasteiger partial charge in [0, 0.05) is 17.4 Å². The average molecular weight is 418 g/mol. The van der Waals surface area contributed by atoms with Crippen LogP contribution < -0.4 is 5.32 Å². The zero-order valence-electron chi connectivity index (χ0n) is 16.5. The fraction of sp³-hybridized carbons (Fsp3) is 0.217. The minimum atomic E-state index is -1.21. The average Bonchev–Trinajstić information content (AvgIpc) is 3.33. The SMILES string of the molecule is OC[C@@H]1O[C@@H](n2cc(-c3ccccc3)c3c(Nc4ccccc4)ncnc32)[C@H](O)[C@@H]1O. The van der Waals surface area contributed by atoms with Crippen LogP contribution >= 0.6 is 0 Å². The summed E-state index contributed by atoms with van der Waals surface area (Å²) in [7, 11) is 0. The predicted octanol–water partition coefficient (Wildman–Crippen LogP) is 2.45. The quantitative estimate of drug-likeness (QED) is 0.394. The van der Waals surface area contributed by atoms with Gasteiger partial charge in [0.1, 0.15) is 36.1 Å². The molecule has 1 aliphatic heterocycles. The van der Waals surface area contributed by atoms with Gasteiger partial charge in [0.05, 0.1) is 12.0 Å². The summed E-state index contributed by atoms with van der Waals surface area (Å²) in [6.45, 7) is -0.394. The molecular formula is C23H22N4O4. The number of aromatic nitrogens is 3.